The number of H-pyrrole nitrogens is 1. The maximum absolute atomic E-state index is 11.6. The first-order chi connectivity index (χ1) is 8.66. The van der Waals surface area contributed by atoms with Crippen molar-refractivity contribution in [1.29, 1.82) is 0 Å². The first-order valence-corrected chi connectivity index (χ1v) is 6.20. The summed E-state index contributed by atoms with van der Waals surface area (Å²) < 4.78 is 6.60. The van der Waals surface area contributed by atoms with E-state index in [-0.39, 0.29) is 5.56 Å². The van der Waals surface area contributed by atoms with E-state index in [1.807, 2.05) is 25.1 Å². The molecular weight excluding hydrogens is 296 g/mol. The molecule has 0 amide bonds. The van der Waals surface area contributed by atoms with Gasteiger partial charge >= 0.3 is 0 Å². The summed E-state index contributed by atoms with van der Waals surface area (Å²) in [6.45, 7) is 1.97. The van der Waals surface area contributed by atoms with Gasteiger partial charge in [-0.15, -0.1) is 0 Å². The summed E-state index contributed by atoms with van der Waals surface area (Å²) in [5, 5.41) is 0. The zero-order valence-electron chi connectivity index (χ0n) is 9.53. The molecule has 0 fully saturated rings. The fourth-order valence-corrected chi connectivity index (χ4v) is 2.19. The SMILES string of the molecule is Cc1c(Br)cccc1-c1nc2c(=O)[nH]ccc2o1. The summed E-state index contributed by atoms with van der Waals surface area (Å²) >= 11 is 3.46. The molecule has 0 aliphatic heterocycles. The molecule has 0 radical (unpaired) electrons. The number of hydrogen-bond donors (Lipinski definition) is 1. The van der Waals surface area contributed by atoms with Crippen LogP contribution < -0.4 is 5.56 Å². The van der Waals surface area contributed by atoms with Crippen molar-refractivity contribution in [3.8, 4) is 11.5 Å². The Bertz CT molecular complexity index is 789. The minimum atomic E-state index is -0.241. The van der Waals surface area contributed by atoms with Gasteiger partial charge in [-0.25, -0.2) is 4.98 Å². The summed E-state index contributed by atoms with van der Waals surface area (Å²) in [6, 6.07) is 7.47. The number of aromatic nitrogens is 2. The third kappa shape index (κ3) is 1.67. The standard InChI is InChI=1S/C13H9BrN2O2/c1-7-8(3-2-4-9(7)14)13-16-11-10(18-13)5-6-15-12(11)17/h2-6H,1H3,(H,15,17). The van der Waals surface area contributed by atoms with Gasteiger partial charge in [0.25, 0.3) is 5.56 Å². The molecule has 4 nitrogen and oxygen atoms in total. The van der Waals surface area contributed by atoms with Gasteiger partial charge in [0, 0.05) is 16.2 Å². The van der Waals surface area contributed by atoms with Crippen molar-refractivity contribution in [2.45, 2.75) is 6.92 Å². The molecule has 0 atom stereocenters. The van der Waals surface area contributed by atoms with Gasteiger partial charge in [-0.3, -0.25) is 4.79 Å². The molecule has 3 aromatic rings. The van der Waals surface area contributed by atoms with Gasteiger partial charge in [-0.2, -0.15) is 0 Å². The molecule has 1 aromatic carbocycles. The van der Waals surface area contributed by atoms with E-state index < -0.39 is 0 Å². The van der Waals surface area contributed by atoms with Crippen molar-refractivity contribution in [2.24, 2.45) is 0 Å². The van der Waals surface area contributed by atoms with E-state index in [0.717, 1.165) is 15.6 Å². The number of nitrogens with one attached hydrogen (secondary N) is 1. The lowest BCUT2D eigenvalue weighted by Crippen LogP contribution is -2.03. The number of benzene rings is 1. The number of pyridine rings is 1. The van der Waals surface area contributed by atoms with Crippen LogP contribution >= 0.6 is 15.9 Å². The molecule has 0 bridgehead atoms. The Hall–Kier alpha value is -1.88. The first kappa shape index (κ1) is 11.2. The summed E-state index contributed by atoms with van der Waals surface area (Å²) in [7, 11) is 0. The second-order valence-electron chi connectivity index (χ2n) is 3.95. The van der Waals surface area contributed by atoms with E-state index in [1.165, 1.54) is 0 Å². The lowest BCUT2D eigenvalue weighted by molar-refractivity contribution is 0.619. The topological polar surface area (TPSA) is 58.9 Å². The molecule has 0 saturated heterocycles. The second kappa shape index (κ2) is 4.10. The minimum Gasteiger partial charge on any atom is -0.436 e. The van der Waals surface area contributed by atoms with Crippen LogP contribution in [0.5, 0.6) is 0 Å². The lowest BCUT2D eigenvalue weighted by Gasteiger charge is -2.02. The fraction of sp³-hybridized carbons (Fsp3) is 0.0769. The molecule has 5 heteroatoms. The van der Waals surface area contributed by atoms with Crippen molar-refractivity contribution < 1.29 is 4.42 Å². The van der Waals surface area contributed by atoms with Crippen LogP contribution in [-0.2, 0) is 0 Å². The quantitative estimate of drug-likeness (QED) is 0.750. The molecule has 3 rings (SSSR count). The third-order valence-corrected chi connectivity index (χ3v) is 3.67. The third-order valence-electron chi connectivity index (χ3n) is 2.82. The maximum atomic E-state index is 11.6. The molecule has 2 heterocycles. The Labute approximate surface area is 111 Å². The summed E-state index contributed by atoms with van der Waals surface area (Å²) in [6.07, 6.45) is 1.55. The van der Waals surface area contributed by atoms with Crippen molar-refractivity contribution in [3.05, 3.63) is 50.9 Å². The van der Waals surface area contributed by atoms with E-state index in [2.05, 4.69) is 25.9 Å². The van der Waals surface area contributed by atoms with Gasteiger partial charge in [0.05, 0.1) is 0 Å². The van der Waals surface area contributed by atoms with Crippen molar-refractivity contribution in [2.75, 3.05) is 0 Å². The van der Waals surface area contributed by atoms with E-state index in [0.29, 0.717) is 17.0 Å². The molecule has 18 heavy (non-hydrogen) atoms. The van der Waals surface area contributed by atoms with Crippen molar-refractivity contribution in [1.82, 2.24) is 9.97 Å². The number of nitrogens with zero attached hydrogens (tertiary/aromatic N) is 1. The second-order valence-corrected chi connectivity index (χ2v) is 4.81. The largest absolute Gasteiger partial charge is 0.436 e. The van der Waals surface area contributed by atoms with Gasteiger partial charge < -0.3 is 9.40 Å². The number of fused-ring (bicyclic) bond motifs is 1. The van der Waals surface area contributed by atoms with Crippen molar-refractivity contribution >= 4 is 27.0 Å². The van der Waals surface area contributed by atoms with Crippen molar-refractivity contribution in [3.63, 3.8) is 0 Å². The van der Waals surface area contributed by atoms with Gasteiger partial charge in [0.15, 0.2) is 11.1 Å². The van der Waals surface area contributed by atoms with Crippen LogP contribution in [0.2, 0.25) is 0 Å². The molecule has 0 saturated carbocycles. The van der Waals surface area contributed by atoms with Crippen LogP contribution in [0.15, 0.2) is 44.1 Å². The maximum Gasteiger partial charge on any atom is 0.277 e. The predicted octanol–water partition coefficient (Wildman–Crippen LogP) is 3.25. The van der Waals surface area contributed by atoms with Gasteiger partial charge in [-0.05, 0) is 30.7 Å². The smallest absolute Gasteiger partial charge is 0.277 e. The monoisotopic (exact) mass is 304 g/mol. The van der Waals surface area contributed by atoms with E-state index >= 15 is 0 Å². The van der Waals surface area contributed by atoms with E-state index in [9.17, 15) is 4.79 Å². The van der Waals surface area contributed by atoms with Crippen LogP contribution in [0.3, 0.4) is 0 Å². The Morgan fingerprint density at radius 2 is 2.17 bits per heavy atom. The highest BCUT2D eigenvalue weighted by Gasteiger charge is 2.13. The molecule has 2 aromatic heterocycles. The number of aromatic amines is 1. The minimum absolute atomic E-state index is 0.241. The van der Waals surface area contributed by atoms with Gasteiger partial charge in [0.1, 0.15) is 0 Å². The Morgan fingerprint density at radius 3 is 2.94 bits per heavy atom. The summed E-state index contributed by atoms with van der Waals surface area (Å²) in [4.78, 5) is 18.4. The fourth-order valence-electron chi connectivity index (χ4n) is 1.82. The highest BCUT2D eigenvalue weighted by atomic mass is 79.9. The number of halogens is 1. The molecule has 0 unspecified atom stereocenters. The molecule has 0 aliphatic rings. The predicted molar refractivity (Wildman–Crippen MR) is 72.5 cm³/mol. The highest BCUT2D eigenvalue weighted by molar-refractivity contribution is 9.10. The summed E-state index contributed by atoms with van der Waals surface area (Å²) in [5.74, 6) is 0.459. The number of oxazole rings is 1. The summed E-state index contributed by atoms with van der Waals surface area (Å²) in [5.41, 5.74) is 2.48. The molecule has 1 N–H and O–H groups in total. The number of rotatable bonds is 1. The van der Waals surface area contributed by atoms with E-state index in [4.69, 9.17) is 4.42 Å². The highest BCUT2D eigenvalue weighted by Crippen LogP contribution is 2.29. The Kier molecular flexibility index (Phi) is 2.56. The Morgan fingerprint density at radius 1 is 1.33 bits per heavy atom. The normalized spacial score (nSPS) is 11.0. The zero-order valence-corrected chi connectivity index (χ0v) is 11.1. The van der Waals surface area contributed by atoms with Crippen LogP contribution in [-0.4, -0.2) is 9.97 Å². The number of hydrogen-bond acceptors (Lipinski definition) is 3. The molecule has 0 spiro atoms. The lowest BCUT2D eigenvalue weighted by atomic mass is 10.1. The van der Waals surface area contributed by atoms with Crippen LogP contribution in [0.1, 0.15) is 5.56 Å². The molecular formula is C13H9BrN2O2. The molecule has 0 aliphatic carbocycles. The van der Waals surface area contributed by atoms with Gasteiger partial charge in [-0.1, -0.05) is 22.0 Å². The van der Waals surface area contributed by atoms with Crippen LogP contribution in [0.4, 0.5) is 0 Å². The van der Waals surface area contributed by atoms with Crippen LogP contribution in [0.25, 0.3) is 22.6 Å². The Balaban J connectivity index is 2.29. The average molecular weight is 305 g/mol. The first-order valence-electron chi connectivity index (χ1n) is 5.40. The zero-order chi connectivity index (χ0) is 12.7. The van der Waals surface area contributed by atoms with Gasteiger partial charge in [0.2, 0.25) is 5.89 Å². The average Bonchev–Trinajstić information content (AvgIpc) is 2.78. The van der Waals surface area contributed by atoms with E-state index in [1.54, 1.807) is 12.3 Å². The van der Waals surface area contributed by atoms with Crippen LogP contribution in [0, 0.1) is 6.92 Å². The molecule has 90 valence electrons.